The van der Waals surface area contributed by atoms with Gasteiger partial charge >= 0.3 is 5.97 Å². The van der Waals surface area contributed by atoms with Crippen LogP contribution in [0.4, 0.5) is 4.79 Å². The van der Waals surface area contributed by atoms with E-state index in [1.807, 2.05) is 29.2 Å². The molecule has 3 aliphatic rings. The van der Waals surface area contributed by atoms with E-state index in [-0.39, 0.29) is 29.5 Å². The largest absolute Gasteiger partial charge is 0.497 e. The van der Waals surface area contributed by atoms with Gasteiger partial charge < -0.3 is 23.8 Å². The Morgan fingerprint density at radius 1 is 1.03 bits per heavy atom. The zero-order valence-corrected chi connectivity index (χ0v) is 22.3. The van der Waals surface area contributed by atoms with Crippen LogP contribution in [0.5, 0.6) is 5.75 Å². The third-order valence-corrected chi connectivity index (χ3v) is 8.32. The molecule has 2 saturated heterocycles. The van der Waals surface area contributed by atoms with Crippen LogP contribution in [0, 0.1) is 0 Å². The fourth-order valence-corrected chi connectivity index (χ4v) is 6.48. The number of rotatable bonds is 5. The molecule has 2 bridgehead atoms. The summed E-state index contributed by atoms with van der Waals surface area (Å²) in [4.78, 5) is 27.5. The van der Waals surface area contributed by atoms with Crippen molar-refractivity contribution in [1.82, 2.24) is 4.90 Å². The Balaban J connectivity index is 1.54. The second-order valence-electron chi connectivity index (χ2n) is 9.88. The van der Waals surface area contributed by atoms with Gasteiger partial charge in [0.25, 0.3) is 5.24 Å². The lowest BCUT2D eigenvalue weighted by molar-refractivity contribution is -0.306. The summed E-state index contributed by atoms with van der Waals surface area (Å²) in [5, 5.41) is 0.00930. The molecule has 0 spiro atoms. The standard InChI is InChI=1S/C28H39NO6S/c1-32-22-15-13-21(14-16-22)19-29-25(20-36-27(29)31)28(33-2)18-24-17-23(35-28)11-9-7-5-3-4-6-8-10-12-26(30)34-24/h3,5,13-16,23-25H,4,6-12,17-20H2,1-2H3/b5-3-/t23-,24?,25+,28-/m1/s1. The molecular weight excluding hydrogens is 478 g/mol. The number of hydrogen-bond acceptors (Lipinski definition) is 7. The van der Waals surface area contributed by atoms with Crippen LogP contribution in [0.15, 0.2) is 36.4 Å². The maximum absolute atomic E-state index is 13.0. The molecule has 3 heterocycles. The summed E-state index contributed by atoms with van der Waals surface area (Å²) in [5.74, 6) is 0.171. The van der Waals surface area contributed by atoms with Gasteiger partial charge in [0.1, 0.15) is 11.9 Å². The Morgan fingerprint density at radius 3 is 2.56 bits per heavy atom. The van der Waals surface area contributed by atoms with Gasteiger partial charge in [0.2, 0.25) is 0 Å². The van der Waals surface area contributed by atoms with Crippen LogP contribution in [0.25, 0.3) is 0 Å². The Hall–Kier alpha value is -2.03. The van der Waals surface area contributed by atoms with Crippen molar-refractivity contribution in [2.24, 2.45) is 0 Å². The van der Waals surface area contributed by atoms with Gasteiger partial charge in [-0.3, -0.25) is 9.59 Å². The highest BCUT2D eigenvalue weighted by Crippen LogP contribution is 2.43. The van der Waals surface area contributed by atoms with Crippen molar-refractivity contribution >= 4 is 23.0 Å². The number of nitrogens with zero attached hydrogens (tertiary/aromatic N) is 1. The van der Waals surface area contributed by atoms with Gasteiger partial charge in [-0.1, -0.05) is 42.5 Å². The summed E-state index contributed by atoms with van der Waals surface area (Å²) in [6.07, 6.45) is 12.5. The molecule has 198 valence electrons. The van der Waals surface area contributed by atoms with E-state index < -0.39 is 5.79 Å². The zero-order chi connectivity index (χ0) is 25.4. The summed E-state index contributed by atoms with van der Waals surface area (Å²) in [5.41, 5.74) is 1.01. The van der Waals surface area contributed by atoms with Crippen LogP contribution in [-0.2, 0) is 25.5 Å². The zero-order valence-electron chi connectivity index (χ0n) is 21.5. The van der Waals surface area contributed by atoms with Crippen molar-refractivity contribution in [3.05, 3.63) is 42.0 Å². The van der Waals surface area contributed by atoms with E-state index in [1.54, 1.807) is 14.2 Å². The molecule has 7 nitrogen and oxygen atoms in total. The average Bonchev–Trinajstić information content (AvgIpc) is 3.25. The fraction of sp³-hybridized carbons (Fsp3) is 0.643. The monoisotopic (exact) mass is 517 g/mol. The molecule has 36 heavy (non-hydrogen) atoms. The first-order chi connectivity index (χ1) is 17.5. The number of carbonyl (C=O) groups is 2. The summed E-state index contributed by atoms with van der Waals surface area (Å²) in [7, 11) is 3.28. The molecule has 8 heteroatoms. The lowest BCUT2D eigenvalue weighted by Crippen LogP contribution is -2.60. The normalized spacial score (nSPS) is 31.3. The molecule has 1 unspecified atom stereocenters. The van der Waals surface area contributed by atoms with Gasteiger partial charge in [0.15, 0.2) is 5.79 Å². The number of thioether (sulfide) groups is 1. The van der Waals surface area contributed by atoms with Crippen molar-refractivity contribution in [2.75, 3.05) is 20.0 Å². The van der Waals surface area contributed by atoms with Gasteiger partial charge in [-0.15, -0.1) is 0 Å². The van der Waals surface area contributed by atoms with Crippen molar-refractivity contribution in [3.63, 3.8) is 0 Å². The minimum atomic E-state index is -1.02. The fourth-order valence-electron chi connectivity index (χ4n) is 5.39. The van der Waals surface area contributed by atoms with Gasteiger partial charge in [0, 0.05) is 38.7 Å². The molecule has 0 radical (unpaired) electrons. The Labute approximate surface area is 218 Å². The van der Waals surface area contributed by atoms with E-state index in [0.717, 1.165) is 56.3 Å². The van der Waals surface area contributed by atoms with Crippen LogP contribution in [0.2, 0.25) is 0 Å². The molecule has 4 atom stereocenters. The maximum Gasteiger partial charge on any atom is 0.306 e. The topological polar surface area (TPSA) is 74.3 Å². The highest BCUT2D eigenvalue weighted by molar-refractivity contribution is 8.13. The molecule has 1 amide bonds. The number of allylic oxidation sites excluding steroid dienone is 2. The number of amides is 1. The van der Waals surface area contributed by atoms with Crippen LogP contribution in [0.1, 0.15) is 69.8 Å². The molecule has 3 aliphatic heterocycles. The predicted octanol–water partition coefficient (Wildman–Crippen LogP) is 5.86. The second-order valence-corrected chi connectivity index (χ2v) is 10.8. The van der Waals surface area contributed by atoms with E-state index in [4.69, 9.17) is 18.9 Å². The molecular formula is C28H39NO6S. The number of esters is 1. The van der Waals surface area contributed by atoms with Crippen molar-refractivity contribution in [2.45, 2.75) is 94.8 Å². The first kappa shape index (κ1) is 27.0. The molecule has 2 fully saturated rings. The average molecular weight is 518 g/mol. The summed E-state index contributed by atoms with van der Waals surface area (Å²) < 4.78 is 24.1. The SMILES string of the molecule is COc1ccc(CN2C(=O)SC[C@H]2[C@@]2(OC)CC3C[C@@H](CCC/C=C\CCCCCC(=O)O3)O2)cc1. The highest BCUT2D eigenvalue weighted by Gasteiger charge is 2.54. The van der Waals surface area contributed by atoms with Crippen LogP contribution < -0.4 is 4.74 Å². The quantitative estimate of drug-likeness (QED) is 0.358. The van der Waals surface area contributed by atoms with Gasteiger partial charge in [-0.2, -0.15) is 0 Å². The third kappa shape index (κ3) is 6.84. The van der Waals surface area contributed by atoms with Crippen LogP contribution in [0.3, 0.4) is 0 Å². The Kier molecular flexibility index (Phi) is 9.73. The number of carbonyl (C=O) groups excluding carboxylic acids is 2. The van der Waals surface area contributed by atoms with E-state index in [1.165, 1.54) is 11.8 Å². The first-order valence-corrected chi connectivity index (χ1v) is 14.2. The molecule has 1 aromatic carbocycles. The predicted molar refractivity (Wildman–Crippen MR) is 140 cm³/mol. The van der Waals surface area contributed by atoms with Crippen molar-refractivity contribution < 1.29 is 28.5 Å². The van der Waals surface area contributed by atoms with Gasteiger partial charge in [0.05, 0.1) is 19.3 Å². The Morgan fingerprint density at radius 2 is 1.81 bits per heavy atom. The minimum absolute atomic E-state index is 0.00930. The molecule has 1 aromatic rings. The number of benzene rings is 1. The highest BCUT2D eigenvalue weighted by atomic mass is 32.2. The minimum Gasteiger partial charge on any atom is -0.497 e. The number of ether oxygens (including phenoxy) is 4. The van der Waals surface area contributed by atoms with E-state index in [0.29, 0.717) is 31.6 Å². The molecule has 0 saturated carbocycles. The summed E-state index contributed by atoms with van der Waals surface area (Å²) in [6, 6.07) is 7.46. The maximum atomic E-state index is 13.0. The molecule has 4 rings (SSSR count). The van der Waals surface area contributed by atoms with Gasteiger partial charge in [-0.05, 0) is 56.2 Å². The van der Waals surface area contributed by atoms with Gasteiger partial charge in [-0.25, -0.2) is 0 Å². The number of fused-ring (bicyclic) bond motifs is 2. The third-order valence-electron chi connectivity index (χ3n) is 7.36. The smallest absolute Gasteiger partial charge is 0.306 e. The van der Waals surface area contributed by atoms with E-state index in [2.05, 4.69) is 12.2 Å². The van der Waals surface area contributed by atoms with Crippen LogP contribution >= 0.6 is 11.8 Å². The lowest BCUT2D eigenvalue weighted by atomic mass is 9.90. The van der Waals surface area contributed by atoms with Crippen molar-refractivity contribution in [1.29, 1.82) is 0 Å². The summed E-state index contributed by atoms with van der Waals surface area (Å²) >= 11 is 1.29. The molecule has 0 N–H and O–H groups in total. The molecule has 0 aliphatic carbocycles. The number of hydrogen-bond donors (Lipinski definition) is 0. The number of methoxy groups -OCH3 is 2. The lowest BCUT2D eigenvalue weighted by Gasteiger charge is -2.48. The van der Waals surface area contributed by atoms with Crippen molar-refractivity contribution in [3.8, 4) is 5.75 Å². The van der Waals surface area contributed by atoms with E-state index >= 15 is 0 Å². The summed E-state index contributed by atoms with van der Waals surface area (Å²) in [6.45, 7) is 0.453. The van der Waals surface area contributed by atoms with Crippen LogP contribution in [-0.4, -0.2) is 60.1 Å². The Bertz CT molecular complexity index is 906. The second kappa shape index (κ2) is 13.0. The first-order valence-electron chi connectivity index (χ1n) is 13.2. The van der Waals surface area contributed by atoms with E-state index in [9.17, 15) is 9.59 Å². The molecule has 0 aromatic heterocycles.